The maximum Gasteiger partial charge on any atom is 0.257 e. The zero-order valence-electron chi connectivity index (χ0n) is 13.8. The Balaban J connectivity index is 1.64. The van der Waals surface area contributed by atoms with Crippen LogP contribution in [-0.4, -0.2) is 21.1 Å². The fraction of sp³-hybridized carbons (Fsp3) is 0.105. The highest BCUT2D eigenvalue weighted by atomic mass is 16.4. The molecule has 2 aromatic carbocycles. The minimum Gasteiger partial charge on any atom is -0.441 e. The number of nitrogens with zero attached hydrogens (tertiary/aromatic N) is 2. The van der Waals surface area contributed by atoms with E-state index in [1.807, 2.05) is 50.2 Å². The molecule has 6 nitrogen and oxygen atoms in total. The Bertz CT molecular complexity index is 1060. The lowest BCUT2D eigenvalue weighted by atomic mass is 10.1. The van der Waals surface area contributed by atoms with Crippen molar-refractivity contribution < 1.29 is 9.21 Å². The van der Waals surface area contributed by atoms with E-state index in [0.29, 0.717) is 17.1 Å². The number of anilines is 1. The number of aryl methyl sites for hydroxylation is 2. The van der Waals surface area contributed by atoms with Gasteiger partial charge in [0.05, 0.1) is 23.0 Å². The zero-order valence-corrected chi connectivity index (χ0v) is 13.8. The molecule has 0 aliphatic carbocycles. The van der Waals surface area contributed by atoms with Crippen LogP contribution >= 0.6 is 0 Å². The Morgan fingerprint density at radius 3 is 2.80 bits per heavy atom. The van der Waals surface area contributed by atoms with Crippen molar-refractivity contribution in [3.05, 3.63) is 65.7 Å². The van der Waals surface area contributed by atoms with Crippen molar-refractivity contribution in [2.24, 2.45) is 0 Å². The highest BCUT2D eigenvalue weighted by Gasteiger charge is 2.13. The summed E-state index contributed by atoms with van der Waals surface area (Å²) in [6.07, 6.45) is 1.69. The second-order valence-electron chi connectivity index (χ2n) is 5.84. The Morgan fingerprint density at radius 1 is 1.16 bits per heavy atom. The first-order valence-electron chi connectivity index (χ1n) is 7.90. The number of aromatic amines is 1. The predicted octanol–water partition coefficient (Wildman–Crippen LogP) is 4.09. The second-order valence-corrected chi connectivity index (χ2v) is 5.84. The molecule has 4 aromatic rings. The number of fused-ring (bicyclic) bond motifs is 1. The number of oxazole rings is 1. The fourth-order valence-corrected chi connectivity index (χ4v) is 2.68. The number of carbonyl (C=O) groups is 1. The van der Waals surface area contributed by atoms with Crippen LogP contribution in [0, 0.1) is 13.8 Å². The molecular formula is C19H16N4O2. The van der Waals surface area contributed by atoms with Gasteiger partial charge in [-0.15, -0.1) is 0 Å². The molecule has 25 heavy (non-hydrogen) atoms. The number of amides is 1. The van der Waals surface area contributed by atoms with Crippen molar-refractivity contribution >= 4 is 22.5 Å². The van der Waals surface area contributed by atoms with Crippen LogP contribution in [0.5, 0.6) is 0 Å². The lowest BCUT2D eigenvalue weighted by Crippen LogP contribution is -2.12. The molecule has 0 aliphatic heterocycles. The standard InChI is InChI=1S/C19H16N4O2/c1-11-12(2)25-19(21-11)13-5-3-7-15(9-13)22-18(24)16-8-4-6-14-10-20-23-17(14)16/h3-10H,1-2H3,(H,20,23)(H,22,24). The number of carbonyl (C=O) groups excluding carboxylic acids is 1. The van der Waals surface area contributed by atoms with Crippen molar-refractivity contribution in [1.29, 1.82) is 0 Å². The monoisotopic (exact) mass is 332 g/mol. The van der Waals surface area contributed by atoms with Crippen molar-refractivity contribution in [2.75, 3.05) is 5.32 Å². The van der Waals surface area contributed by atoms with Crippen molar-refractivity contribution in [2.45, 2.75) is 13.8 Å². The van der Waals surface area contributed by atoms with E-state index < -0.39 is 0 Å². The smallest absolute Gasteiger partial charge is 0.257 e. The summed E-state index contributed by atoms with van der Waals surface area (Å²) in [7, 11) is 0. The number of hydrogen-bond acceptors (Lipinski definition) is 4. The van der Waals surface area contributed by atoms with Gasteiger partial charge in [0.2, 0.25) is 5.89 Å². The summed E-state index contributed by atoms with van der Waals surface area (Å²) in [5.74, 6) is 1.13. The average Bonchev–Trinajstić information content (AvgIpc) is 3.21. The van der Waals surface area contributed by atoms with Crippen LogP contribution in [0.25, 0.3) is 22.4 Å². The third-order valence-corrected chi connectivity index (χ3v) is 4.12. The number of benzene rings is 2. The van der Waals surface area contributed by atoms with Gasteiger partial charge in [0, 0.05) is 16.6 Å². The predicted molar refractivity (Wildman–Crippen MR) is 95.5 cm³/mol. The first-order valence-corrected chi connectivity index (χ1v) is 7.90. The largest absolute Gasteiger partial charge is 0.441 e. The first kappa shape index (κ1) is 15.1. The Labute approximate surface area is 143 Å². The molecule has 6 heteroatoms. The van der Waals surface area contributed by atoms with E-state index in [1.165, 1.54) is 0 Å². The summed E-state index contributed by atoms with van der Waals surface area (Å²) in [4.78, 5) is 17.0. The van der Waals surface area contributed by atoms with E-state index in [0.717, 1.165) is 27.9 Å². The van der Waals surface area contributed by atoms with E-state index >= 15 is 0 Å². The lowest BCUT2D eigenvalue weighted by Gasteiger charge is -2.07. The van der Waals surface area contributed by atoms with Crippen LogP contribution in [0.15, 0.2) is 53.1 Å². The summed E-state index contributed by atoms with van der Waals surface area (Å²) in [6.45, 7) is 3.78. The molecule has 2 N–H and O–H groups in total. The minimum atomic E-state index is -0.202. The highest BCUT2D eigenvalue weighted by Crippen LogP contribution is 2.25. The van der Waals surface area contributed by atoms with Gasteiger partial charge < -0.3 is 9.73 Å². The van der Waals surface area contributed by atoms with Gasteiger partial charge in [-0.05, 0) is 38.1 Å². The number of nitrogens with one attached hydrogen (secondary N) is 2. The molecule has 0 saturated heterocycles. The van der Waals surface area contributed by atoms with Crippen LogP contribution < -0.4 is 5.32 Å². The highest BCUT2D eigenvalue weighted by molar-refractivity contribution is 6.11. The summed E-state index contributed by atoms with van der Waals surface area (Å²) < 4.78 is 5.66. The van der Waals surface area contributed by atoms with E-state index in [1.54, 1.807) is 12.3 Å². The van der Waals surface area contributed by atoms with Crippen molar-refractivity contribution in [3.63, 3.8) is 0 Å². The normalized spacial score (nSPS) is 11.0. The second kappa shape index (κ2) is 5.90. The van der Waals surface area contributed by atoms with Gasteiger partial charge in [0.1, 0.15) is 5.76 Å². The molecule has 0 radical (unpaired) electrons. The summed E-state index contributed by atoms with van der Waals surface area (Å²) >= 11 is 0. The van der Waals surface area contributed by atoms with Crippen LogP contribution in [0.1, 0.15) is 21.8 Å². The molecule has 124 valence electrons. The number of aromatic nitrogens is 3. The van der Waals surface area contributed by atoms with Gasteiger partial charge in [-0.1, -0.05) is 18.2 Å². The first-order chi connectivity index (χ1) is 12.1. The van der Waals surface area contributed by atoms with Gasteiger partial charge >= 0.3 is 0 Å². The van der Waals surface area contributed by atoms with Gasteiger partial charge in [-0.3, -0.25) is 9.89 Å². The quantitative estimate of drug-likeness (QED) is 0.592. The van der Waals surface area contributed by atoms with Crippen LogP contribution in [0.2, 0.25) is 0 Å². The third-order valence-electron chi connectivity index (χ3n) is 4.12. The average molecular weight is 332 g/mol. The van der Waals surface area contributed by atoms with E-state index in [2.05, 4.69) is 20.5 Å². The Hall–Kier alpha value is -3.41. The van der Waals surface area contributed by atoms with E-state index in [9.17, 15) is 4.79 Å². The molecule has 0 fully saturated rings. The molecule has 0 atom stereocenters. The van der Waals surface area contributed by atoms with Gasteiger partial charge in [-0.25, -0.2) is 4.98 Å². The molecule has 0 spiro atoms. The molecular weight excluding hydrogens is 316 g/mol. The molecule has 0 saturated carbocycles. The molecule has 0 bridgehead atoms. The van der Waals surface area contributed by atoms with Crippen molar-refractivity contribution in [1.82, 2.24) is 15.2 Å². The summed E-state index contributed by atoms with van der Waals surface area (Å²) in [6, 6.07) is 12.9. The topological polar surface area (TPSA) is 83.8 Å². The van der Waals surface area contributed by atoms with Gasteiger partial charge in [0.25, 0.3) is 5.91 Å². The summed E-state index contributed by atoms with van der Waals surface area (Å²) in [5, 5.41) is 10.7. The third kappa shape index (κ3) is 2.78. The zero-order chi connectivity index (χ0) is 17.4. The molecule has 0 unspecified atom stereocenters. The Morgan fingerprint density at radius 2 is 2.00 bits per heavy atom. The van der Waals surface area contributed by atoms with Gasteiger partial charge in [-0.2, -0.15) is 5.10 Å². The van der Waals surface area contributed by atoms with Crippen molar-refractivity contribution in [3.8, 4) is 11.5 Å². The number of rotatable bonds is 3. The fourth-order valence-electron chi connectivity index (χ4n) is 2.68. The SMILES string of the molecule is Cc1nc(-c2cccc(NC(=O)c3cccc4cn[nH]c34)c2)oc1C. The van der Waals surface area contributed by atoms with Crippen LogP contribution in [-0.2, 0) is 0 Å². The molecule has 2 heterocycles. The molecule has 4 rings (SSSR count). The molecule has 2 aromatic heterocycles. The maximum atomic E-state index is 12.6. The van der Waals surface area contributed by atoms with E-state index in [4.69, 9.17) is 4.42 Å². The maximum absolute atomic E-state index is 12.6. The van der Waals surface area contributed by atoms with E-state index in [-0.39, 0.29) is 5.91 Å². The number of hydrogen-bond donors (Lipinski definition) is 2. The van der Waals surface area contributed by atoms with Crippen LogP contribution in [0.3, 0.4) is 0 Å². The van der Waals surface area contributed by atoms with Crippen LogP contribution in [0.4, 0.5) is 5.69 Å². The number of H-pyrrole nitrogens is 1. The Kier molecular flexibility index (Phi) is 3.57. The minimum absolute atomic E-state index is 0.202. The number of para-hydroxylation sites is 1. The molecule has 0 aliphatic rings. The summed E-state index contributed by atoms with van der Waals surface area (Å²) in [5.41, 5.74) is 3.61. The molecule has 1 amide bonds. The van der Waals surface area contributed by atoms with Gasteiger partial charge in [0.15, 0.2) is 0 Å². The lowest BCUT2D eigenvalue weighted by molar-refractivity contribution is 0.102.